The normalized spacial score (nSPS) is 28.4. The lowest BCUT2D eigenvalue weighted by Crippen LogP contribution is -2.57. The second-order valence-corrected chi connectivity index (χ2v) is 11.8. The Labute approximate surface area is 217 Å². The summed E-state index contributed by atoms with van der Waals surface area (Å²) in [5.74, 6) is 1.00. The minimum absolute atomic E-state index is 0.0210. The van der Waals surface area contributed by atoms with Gasteiger partial charge in [0.2, 0.25) is 5.91 Å². The van der Waals surface area contributed by atoms with Gasteiger partial charge in [0, 0.05) is 28.2 Å². The van der Waals surface area contributed by atoms with Gasteiger partial charge in [-0.05, 0) is 67.9 Å². The van der Waals surface area contributed by atoms with E-state index in [1.165, 1.54) is 12.6 Å². The van der Waals surface area contributed by atoms with Gasteiger partial charge < -0.3 is 5.32 Å². The lowest BCUT2D eigenvalue weighted by atomic mass is 9.46. The zero-order valence-corrected chi connectivity index (χ0v) is 21.1. The molecule has 2 unspecified atom stereocenters. The van der Waals surface area contributed by atoms with Gasteiger partial charge in [0.15, 0.2) is 0 Å². The van der Waals surface area contributed by atoms with Crippen LogP contribution in [0.25, 0.3) is 0 Å². The molecule has 1 N–H and O–H groups in total. The third kappa shape index (κ3) is 4.18. The summed E-state index contributed by atoms with van der Waals surface area (Å²) in [6.07, 6.45) is 12.7. The molecular weight excluding hydrogens is 503 g/mol. The van der Waals surface area contributed by atoms with E-state index in [-0.39, 0.29) is 22.5 Å². The summed E-state index contributed by atoms with van der Waals surface area (Å²) in [6, 6.07) is 5.37. The lowest BCUT2D eigenvalue weighted by molar-refractivity contribution is -0.385. The number of rotatable bonds is 7. The predicted molar refractivity (Wildman–Crippen MR) is 135 cm³/mol. The van der Waals surface area contributed by atoms with Crippen LogP contribution in [-0.2, 0) is 16.9 Å². The van der Waals surface area contributed by atoms with Crippen LogP contribution in [0.4, 0.5) is 11.4 Å². The summed E-state index contributed by atoms with van der Waals surface area (Å²) < 4.78 is 3.53. The zero-order valence-electron chi connectivity index (χ0n) is 19.6. The topological polar surface area (TPSA) is 108 Å². The Bertz CT molecular complexity index is 1320. The third-order valence-corrected chi connectivity index (χ3v) is 8.96. The molecule has 0 radical (unpaired) electrons. The number of hydrogen-bond donors (Lipinski definition) is 1. The molecular formula is C25H26Cl2N6O3. The van der Waals surface area contributed by atoms with Gasteiger partial charge >= 0.3 is 5.69 Å². The lowest BCUT2D eigenvalue weighted by Gasteiger charge is -2.61. The van der Waals surface area contributed by atoms with Crippen molar-refractivity contribution in [2.75, 3.05) is 5.32 Å². The number of carbonyl (C=O) groups excluding carboxylic acids is 1. The second-order valence-electron chi connectivity index (χ2n) is 10.9. The van der Waals surface area contributed by atoms with E-state index >= 15 is 0 Å². The fraction of sp³-hybridized carbons (Fsp3) is 0.480. The van der Waals surface area contributed by atoms with Crippen molar-refractivity contribution in [2.45, 2.75) is 57.0 Å². The summed E-state index contributed by atoms with van der Waals surface area (Å²) in [5, 5.41) is 24.2. The predicted octanol–water partition coefficient (Wildman–Crippen LogP) is 5.67. The second kappa shape index (κ2) is 8.59. The number of anilines is 1. The number of carbonyl (C=O) groups is 1. The number of halogens is 2. The van der Waals surface area contributed by atoms with Gasteiger partial charge in [-0.3, -0.25) is 24.3 Å². The average Bonchev–Trinajstić information content (AvgIpc) is 3.45. The molecule has 9 nitrogen and oxygen atoms in total. The molecule has 2 aromatic heterocycles. The standard InChI is InChI=1S/C25H26Cl2N6O3/c26-21-2-1-3-22(27)20(21)14-31-12-18(10-28-31)30-23(34)9-24-5-16-4-17(6-24)8-25(7-16,15-24)32-13-19(11-29-32)33(35)36/h1-3,10-13,16-17H,4-9,14-15H2,(H,30,34). The van der Waals surface area contributed by atoms with Crippen molar-refractivity contribution in [3.63, 3.8) is 0 Å². The first kappa shape index (κ1) is 23.5. The zero-order chi connectivity index (χ0) is 25.1. The fourth-order valence-electron chi connectivity index (χ4n) is 7.45. The van der Waals surface area contributed by atoms with E-state index in [9.17, 15) is 14.9 Å². The van der Waals surface area contributed by atoms with Crippen LogP contribution in [0.2, 0.25) is 10.0 Å². The number of nitrogens with zero attached hydrogens (tertiary/aromatic N) is 5. The number of aromatic nitrogens is 4. The first-order valence-electron chi connectivity index (χ1n) is 12.2. The van der Waals surface area contributed by atoms with Crippen molar-refractivity contribution in [1.82, 2.24) is 19.6 Å². The molecule has 188 valence electrons. The molecule has 0 aliphatic heterocycles. The molecule has 4 fully saturated rings. The van der Waals surface area contributed by atoms with Gasteiger partial charge in [-0.1, -0.05) is 29.3 Å². The Hall–Kier alpha value is -2.91. The van der Waals surface area contributed by atoms with E-state index in [1.54, 1.807) is 41.5 Å². The van der Waals surface area contributed by atoms with Crippen LogP contribution >= 0.6 is 23.2 Å². The minimum Gasteiger partial charge on any atom is -0.323 e. The highest BCUT2D eigenvalue weighted by Gasteiger charge is 2.59. The summed E-state index contributed by atoms with van der Waals surface area (Å²) in [7, 11) is 0. The molecule has 2 heterocycles. The van der Waals surface area contributed by atoms with Crippen molar-refractivity contribution in [3.05, 3.63) is 68.7 Å². The highest BCUT2D eigenvalue weighted by molar-refractivity contribution is 6.35. The van der Waals surface area contributed by atoms with Gasteiger partial charge in [-0.2, -0.15) is 10.2 Å². The molecule has 1 aromatic carbocycles. The monoisotopic (exact) mass is 528 g/mol. The molecule has 7 rings (SSSR count). The number of benzene rings is 1. The molecule has 36 heavy (non-hydrogen) atoms. The molecule has 11 heteroatoms. The molecule has 4 bridgehead atoms. The number of nitrogens with one attached hydrogen (secondary N) is 1. The Morgan fingerprint density at radius 1 is 1.11 bits per heavy atom. The van der Waals surface area contributed by atoms with Crippen LogP contribution in [-0.4, -0.2) is 30.4 Å². The number of amides is 1. The Morgan fingerprint density at radius 2 is 1.83 bits per heavy atom. The van der Waals surface area contributed by atoms with Crippen molar-refractivity contribution < 1.29 is 9.72 Å². The maximum absolute atomic E-state index is 13.2. The van der Waals surface area contributed by atoms with Crippen molar-refractivity contribution in [2.24, 2.45) is 17.3 Å². The molecule has 4 aliphatic rings. The summed E-state index contributed by atoms with van der Waals surface area (Å²) in [5.41, 5.74) is 1.07. The summed E-state index contributed by atoms with van der Waals surface area (Å²) in [6.45, 7) is 0.403. The van der Waals surface area contributed by atoms with Crippen LogP contribution in [0.1, 0.15) is 50.5 Å². The molecule has 3 aromatic rings. The molecule has 0 spiro atoms. The first-order chi connectivity index (χ1) is 17.2. The van der Waals surface area contributed by atoms with E-state index in [4.69, 9.17) is 23.2 Å². The highest BCUT2D eigenvalue weighted by atomic mass is 35.5. The fourth-order valence-corrected chi connectivity index (χ4v) is 7.97. The molecule has 4 aliphatic carbocycles. The van der Waals surface area contributed by atoms with Crippen LogP contribution in [0.15, 0.2) is 43.0 Å². The molecule has 0 saturated heterocycles. The Kier molecular flexibility index (Phi) is 5.60. The van der Waals surface area contributed by atoms with Crippen molar-refractivity contribution in [1.29, 1.82) is 0 Å². The van der Waals surface area contributed by atoms with E-state index in [0.717, 1.165) is 37.7 Å². The van der Waals surface area contributed by atoms with E-state index in [0.29, 0.717) is 40.5 Å². The van der Waals surface area contributed by atoms with Gasteiger partial charge in [0.25, 0.3) is 0 Å². The highest BCUT2D eigenvalue weighted by Crippen LogP contribution is 2.65. The van der Waals surface area contributed by atoms with Crippen LogP contribution in [0.3, 0.4) is 0 Å². The average molecular weight is 529 g/mol. The van der Waals surface area contributed by atoms with Crippen LogP contribution in [0.5, 0.6) is 0 Å². The first-order valence-corrected chi connectivity index (χ1v) is 12.9. The number of hydrogen-bond acceptors (Lipinski definition) is 5. The van der Waals surface area contributed by atoms with Gasteiger partial charge in [0.1, 0.15) is 12.4 Å². The van der Waals surface area contributed by atoms with E-state index in [2.05, 4.69) is 15.5 Å². The maximum atomic E-state index is 13.2. The Balaban J connectivity index is 1.16. The minimum atomic E-state index is -0.396. The van der Waals surface area contributed by atoms with E-state index < -0.39 is 4.92 Å². The molecule has 4 saturated carbocycles. The van der Waals surface area contributed by atoms with E-state index in [1.807, 2.05) is 4.68 Å². The summed E-state index contributed by atoms with van der Waals surface area (Å²) >= 11 is 12.6. The van der Waals surface area contributed by atoms with Gasteiger partial charge in [-0.25, -0.2) is 0 Å². The smallest absolute Gasteiger partial charge is 0.307 e. The van der Waals surface area contributed by atoms with Gasteiger partial charge in [-0.15, -0.1) is 0 Å². The number of nitro groups is 1. The maximum Gasteiger partial charge on any atom is 0.307 e. The van der Waals surface area contributed by atoms with Crippen LogP contribution in [0, 0.1) is 27.4 Å². The molecule has 1 amide bonds. The van der Waals surface area contributed by atoms with Crippen molar-refractivity contribution >= 4 is 40.5 Å². The van der Waals surface area contributed by atoms with Gasteiger partial charge in [0.05, 0.1) is 28.9 Å². The summed E-state index contributed by atoms with van der Waals surface area (Å²) in [4.78, 5) is 24.0. The van der Waals surface area contributed by atoms with Crippen molar-refractivity contribution in [3.8, 4) is 0 Å². The Morgan fingerprint density at radius 3 is 2.50 bits per heavy atom. The van der Waals surface area contributed by atoms with Crippen LogP contribution < -0.4 is 5.32 Å². The quantitative estimate of drug-likeness (QED) is 0.314. The molecule has 2 atom stereocenters. The largest absolute Gasteiger partial charge is 0.323 e. The SMILES string of the molecule is O=C(CC12CC3CC(C1)CC(n1cc([N+](=O)[O-])cn1)(C3)C2)Nc1cnn(Cc2c(Cl)cccc2Cl)c1. The third-order valence-electron chi connectivity index (χ3n) is 8.25.